The second kappa shape index (κ2) is 10.5. The Labute approximate surface area is 126 Å². The van der Waals surface area contributed by atoms with Crippen LogP contribution >= 0.6 is 0 Å². The van der Waals surface area contributed by atoms with E-state index >= 15 is 0 Å². The molecule has 21 heavy (non-hydrogen) atoms. The topological polar surface area (TPSA) is 99.4 Å². The number of hydrogen-bond donors (Lipinski definition) is 4. The molecule has 1 aliphatic rings. The summed E-state index contributed by atoms with van der Waals surface area (Å²) in [6.07, 6.45) is 2.20. The fraction of sp³-hybridized carbons (Fsp3) is 1.00. The third-order valence-electron chi connectivity index (χ3n) is 3.88. The maximum atomic E-state index is 9.78. The van der Waals surface area contributed by atoms with Crippen molar-refractivity contribution in [1.29, 1.82) is 0 Å². The van der Waals surface area contributed by atoms with E-state index in [1.807, 2.05) is 0 Å². The van der Waals surface area contributed by atoms with Crippen LogP contribution in [0.3, 0.4) is 0 Å². The summed E-state index contributed by atoms with van der Waals surface area (Å²) in [5, 5.41) is 38.1. The van der Waals surface area contributed by atoms with Crippen LogP contribution in [-0.4, -0.2) is 64.3 Å². The van der Waals surface area contributed by atoms with E-state index in [9.17, 15) is 15.3 Å². The van der Waals surface area contributed by atoms with E-state index in [0.29, 0.717) is 6.61 Å². The van der Waals surface area contributed by atoms with Crippen LogP contribution in [0.1, 0.15) is 51.9 Å². The second-order valence-electron chi connectivity index (χ2n) is 5.69. The van der Waals surface area contributed by atoms with Crippen molar-refractivity contribution >= 4 is 0 Å². The van der Waals surface area contributed by atoms with Crippen molar-refractivity contribution < 1.29 is 29.9 Å². The van der Waals surface area contributed by atoms with Gasteiger partial charge >= 0.3 is 0 Å². The van der Waals surface area contributed by atoms with E-state index in [1.165, 1.54) is 25.7 Å². The molecular formula is C15H30O6. The van der Waals surface area contributed by atoms with Crippen LogP contribution in [0.2, 0.25) is 0 Å². The highest BCUT2D eigenvalue weighted by molar-refractivity contribution is 4.88. The predicted molar refractivity (Wildman–Crippen MR) is 77.7 cm³/mol. The van der Waals surface area contributed by atoms with Crippen molar-refractivity contribution in [1.82, 2.24) is 0 Å². The molecule has 0 radical (unpaired) electrons. The Morgan fingerprint density at radius 2 is 1.48 bits per heavy atom. The molecule has 126 valence electrons. The maximum Gasteiger partial charge on any atom is 0.186 e. The monoisotopic (exact) mass is 306 g/mol. The fourth-order valence-corrected chi connectivity index (χ4v) is 2.46. The lowest BCUT2D eigenvalue weighted by molar-refractivity contribution is -0.301. The zero-order valence-corrected chi connectivity index (χ0v) is 12.9. The summed E-state index contributed by atoms with van der Waals surface area (Å²) in [6.45, 7) is 2.19. The predicted octanol–water partition coefficient (Wildman–Crippen LogP) is 0.553. The minimum Gasteiger partial charge on any atom is -0.394 e. The lowest BCUT2D eigenvalue weighted by Crippen LogP contribution is -2.59. The molecular weight excluding hydrogens is 276 g/mol. The SMILES string of the molecule is CCCCCCCCCO[C@H]1O[C@H](CO)[C@@H](O)[C@H](O)[C@@H]1O. The van der Waals surface area contributed by atoms with Crippen molar-refractivity contribution in [2.45, 2.75) is 82.6 Å². The highest BCUT2D eigenvalue weighted by Gasteiger charge is 2.43. The average Bonchev–Trinajstić information content (AvgIpc) is 2.49. The molecule has 0 unspecified atom stereocenters. The van der Waals surface area contributed by atoms with Gasteiger partial charge in [-0.15, -0.1) is 0 Å². The van der Waals surface area contributed by atoms with Gasteiger partial charge in [0.1, 0.15) is 24.4 Å². The van der Waals surface area contributed by atoms with Gasteiger partial charge in [0.15, 0.2) is 6.29 Å². The third kappa shape index (κ3) is 6.18. The van der Waals surface area contributed by atoms with E-state index in [1.54, 1.807) is 0 Å². The van der Waals surface area contributed by atoms with Crippen LogP contribution < -0.4 is 0 Å². The van der Waals surface area contributed by atoms with Crippen LogP contribution in [0.15, 0.2) is 0 Å². The molecule has 1 fully saturated rings. The second-order valence-corrected chi connectivity index (χ2v) is 5.69. The van der Waals surface area contributed by atoms with E-state index < -0.39 is 37.3 Å². The van der Waals surface area contributed by atoms with Crippen LogP contribution in [0.25, 0.3) is 0 Å². The number of hydrogen-bond acceptors (Lipinski definition) is 6. The Morgan fingerprint density at radius 1 is 0.857 bits per heavy atom. The van der Waals surface area contributed by atoms with E-state index in [2.05, 4.69) is 6.92 Å². The maximum absolute atomic E-state index is 9.78. The van der Waals surface area contributed by atoms with Crippen molar-refractivity contribution in [2.75, 3.05) is 13.2 Å². The van der Waals surface area contributed by atoms with Crippen molar-refractivity contribution in [3.63, 3.8) is 0 Å². The van der Waals surface area contributed by atoms with E-state index in [0.717, 1.165) is 19.3 Å². The third-order valence-corrected chi connectivity index (χ3v) is 3.88. The number of rotatable bonds is 10. The summed E-state index contributed by atoms with van der Waals surface area (Å²) in [4.78, 5) is 0. The van der Waals surface area contributed by atoms with Crippen molar-refractivity contribution in [3.05, 3.63) is 0 Å². The van der Waals surface area contributed by atoms with Crippen molar-refractivity contribution in [3.8, 4) is 0 Å². The first-order chi connectivity index (χ1) is 10.1. The summed E-state index contributed by atoms with van der Waals surface area (Å²) in [5.74, 6) is 0. The Kier molecular flexibility index (Phi) is 9.39. The molecule has 5 atom stereocenters. The van der Waals surface area contributed by atoms with Gasteiger partial charge in [-0.3, -0.25) is 0 Å². The van der Waals surface area contributed by atoms with Gasteiger partial charge in [0.05, 0.1) is 6.61 Å². The van der Waals surface area contributed by atoms with Crippen LogP contribution in [-0.2, 0) is 9.47 Å². The van der Waals surface area contributed by atoms with Gasteiger partial charge in [-0.1, -0.05) is 45.4 Å². The van der Waals surface area contributed by atoms with Crippen LogP contribution in [0.5, 0.6) is 0 Å². The molecule has 4 N–H and O–H groups in total. The summed E-state index contributed by atoms with van der Waals surface area (Å²) in [6, 6.07) is 0. The molecule has 1 heterocycles. The molecule has 0 bridgehead atoms. The van der Waals surface area contributed by atoms with Gasteiger partial charge in [-0.2, -0.15) is 0 Å². The van der Waals surface area contributed by atoms with E-state index in [4.69, 9.17) is 14.6 Å². The normalized spacial score (nSPS) is 33.3. The lowest BCUT2D eigenvalue weighted by atomic mass is 9.99. The Bertz CT molecular complexity index is 261. The zero-order chi connectivity index (χ0) is 15.7. The molecule has 0 aliphatic carbocycles. The van der Waals surface area contributed by atoms with Crippen molar-refractivity contribution in [2.24, 2.45) is 0 Å². The Hall–Kier alpha value is -0.240. The highest BCUT2D eigenvalue weighted by atomic mass is 16.7. The molecule has 0 aromatic rings. The molecule has 0 aromatic heterocycles. The van der Waals surface area contributed by atoms with Gasteiger partial charge in [-0.25, -0.2) is 0 Å². The molecule has 1 saturated heterocycles. The average molecular weight is 306 g/mol. The first kappa shape index (κ1) is 18.8. The highest BCUT2D eigenvalue weighted by Crippen LogP contribution is 2.22. The molecule has 0 aromatic carbocycles. The summed E-state index contributed by atoms with van der Waals surface area (Å²) >= 11 is 0. The van der Waals surface area contributed by atoms with Gasteiger partial charge in [0.2, 0.25) is 0 Å². The van der Waals surface area contributed by atoms with Gasteiger partial charge in [0, 0.05) is 6.61 Å². The summed E-state index contributed by atoms with van der Waals surface area (Å²) in [5.41, 5.74) is 0. The van der Waals surface area contributed by atoms with Crippen LogP contribution in [0.4, 0.5) is 0 Å². The van der Waals surface area contributed by atoms with Gasteiger partial charge in [0.25, 0.3) is 0 Å². The first-order valence-electron chi connectivity index (χ1n) is 8.04. The molecule has 6 nitrogen and oxygen atoms in total. The number of aliphatic hydroxyl groups is 4. The number of ether oxygens (including phenoxy) is 2. The minimum absolute atomic E-state index is 0.427. The Balaban J connectivity index is 2.16. The molecule has 6 heteroatoms. The lowest BCUT2D eigenvalue weighted by Gasteiger charge is -2.39. The summed E-state index contributed by atoms with van der Waals surface area (Å²) < 4.78 is 10.7. The number of unbranched alkanes of at least 4 members (excludes halogenated alkanes) is 6. The largest absolute Gasteiger partial charge is 0.394 e. The summed E-state index contributed by atoms with van der Waals surface area (Å²) in [7, 11) is 0. The molecule has 0 spiro atoms. The smallest absolute Gasteiger partial charge is 0.186 e. The standard InChI is InChI=1S/C15H30O6/c1-2-3-4-5-6-7-8-9-20-15-14(19)13(18)12(17)11(10-16)21-15/h11-19H,2-10H2,1H3/t11-,12-,13+,14+,15+/m1/s1. The zero-order valence-electron chi connectivity index (χ0n) is 12.9. The van der Waals surface area contributed by atoms with Gasteiger partial charge in [-0.05, 0) is 6.42 Å². The quantitative estimate of drug-likeness (QED) is 0.440. The Morgan fingerprint density at radius 3 is 2.10 bits per heavy atom. The van der Waals surface area contributed by atoms with E-state index in [-0.39, 0.29) is 0 Å². The molecule has 1 aliphatic heterocycles. The van der Waals surface area contributed by atoms with Crippen LogP contribution in [0, 0.1) is 0 Å². The molecule has 0 amide bonds. The first-order valence-corrected chi connectivity index (χ1v) is 8.04. The fourth-order valence-electron chi connectivity index (χ4n) is 2.46. The van der Waals surface area contributed by atoms with Gasteiger partial charge < -0.3 is 29.9 Å². The number of aliphatic hydroxyl groups excluding tert-OH is 4. The molecule has 1 rings (SSSR count). The minimum atomic E-state index is -1.37. The molecule has 0 saturated carbocycles.